The number of amides is 2. The van der Waals surface area contributed by atoms with E-state index in [0.717, 1.165) is 24.0 Å². The SMILES string of the molecule is Cc1cnccc1CNC(=O)N1CCC[C@H]([C@H](O)c2nccn2C)C1. The fourth-order valence-electron chi connectivity index (χ4n) is 3.31. The van der Waals surface area contributed by atoms with Crippen molar-refractivity contribution in [2.45, 2.75) is 32.4 Å². The van der Waals surface area contributed by atoms with Gasteiger partial charge in [-0.1, -0.05) is 0 Å². The fraction of sp³-hybridized carbons (Fsp3) is 0.500. The molecule has 2 aromatic rings. The van der Waals surface area contributed by atoms with Gasteiger partial charge in [-0.25, -0.2) is 9.78 Å². The van der Waals surface area contributed by atoms with E-state index >= 15 is 0 Å². The number of imidazole rings is 1. The van der Waals surface area contributed by atoms with Gasteiger partial charge in [0.25, 0.3) is 0 Å². The molecule has 25 heavy (non-hydrogen) atoms. The highest BCUT2D eigenvalue weighted by Crippen LogP contribution is 2.28. The normalized spacial score (nSPS) is 18.8. The van der Waals surface area contributed by atoms with Gasteiger partial charge in [-0.05, 0) is 37.0 Å². The minimum absolute atomic E-state index is 0.00302. The topological polar surface area (TPSA) is 83.3 Å². The molecule has 1 aliphatic heterocycles. The second kappa shape index (κ2) is 7.65. The van der Waals surface area contributed by atoms with Gasteiger partial charge < -0.3 is 19.9 Å². The summed E-state index contributed by atoms with van der Waals surface area (Å²) in [4.78, 5) is 22.6. The Morgan fingerprint density at radius 2 is 2.32 bits per heavy atom. The van der Waals surface area contributed by atoms with Crippen molar-refractivity contribution in [1.29, 1.82) is 0 Å². The third-order valence-corrected chi connectivity index (χ3v) is 4.88. The zero-order valence-corrected chi connectivity index (χ0v) is 14.7. The molecule has 0 unspecified atom stereocenters. The number of nitrogens with zero attached hydrogens (tertiary/aromatic N) is 4. The number of pyridine rings is 1. The number of nitrogens with one attached hydrogen (secondary N) is 1. The molecule has 0 saturated carbocycles. The van der Waals surface area contributed by atoms with E-state index in [-0.39, 0.29) is 11.9 Å². The predicted octanol–water partition coefficient (Wildman–Crippen LogP) is 1.78. The van der Waals surface area contributed by atoms with Gasteiger partial charge in [0.2, 0.25) is 0 Å². The first-order valence-corrected chi connectivity index (χ1v) is 8.64. The van der Waals surface area contributed by atoms with E-state index in [1.807, 2.05) is 30.8 Å². The lowest BCUT2D eigenvalue weighted by Gasteiger charge is -2.34. The van der Waals surface area contributed by atoms with Crippen LogP contribution >= 0.6 is 0 Å². The molecule has 134 valence electrons. The molecule has 7 nitrogen and oxygen atoms in total. The monoisotopic (exact) mass is 343 g/mol. The van der Waals surface area contributed by atoms with Gasteiger partial charge >= 0.3 is 6.03 Å². The number of aromatic nitrogens is 3. The summed E-state index contributed by atoms with van der Waals surface area (Å²) in [6.07, 6.45) is 8.15. The Bertz CT molecular complexity index is 730. The van der Waals surface area contributed by atoms with Crippen LogP contribution in [0.25, 0.3) is 0 Å². The molecule has 0 aromatic carbocycles. The first-order valence-electron chi connectivity index (χ1n) is 8.64. The van der Waals surface area contributed by atoms with Crippen molar-refractivity contribution in [3.05, 3.63) is 47.8 Å². The quantitative estimate of drug-likeness (QED) is 0.886. The highest BCUT2D eigenvalue weighted by molar-refractivity contribution is 5.74. The standard InChI is InChI=1S/C18H25N5O2/c1-13-10-19-6-5-14(13)11-21-18(25)23-8-3-4-15(12-23)16(24)17-20-7-9-22(17)2/h5-7,9-10,15-16,24H,3-4,8,11-12H2,1-2H3,(H,21,25)/t15-,16-/m0/s1. The van der Waals surface area contributed by atoms with Crippen molar-refractivity contribution in [3.8, 4) is 0 Å². The zero-order chi connectivity index (χ0) is 17.8. The average Bonchev–Trinajstić information content (AvgIpc) is 3.06. The van der Waals surface area contributed by atoms with Crippen LogP contribution in [0.15, 0.2) is 30.9 Å². The summed E-state index contributed by atoms with van der Waals surface area (Å²) >= 11 is 0. The summed E-state index contributed by atoms with van der Waals surface area (Å²) in [6, 6.07) is 1.83. The Kier molecular flexibility index (Phi) is 5.33. The zero-order valence-electron chi connectivity index (χ0n) is 14.7. The molecule has 7 heteroatoms. The van der Waals surface area contributed by atoms with Crippen LogP contribution in [0.5, 0.6) is 0 Å². The van der Waals surface area contributed by atoms with Crippen molar-refractivity contribution in [2.24, 2.45) is 13.0 Å². The van der Waals surface area contributed by atoms with Gasteiger partial charge in [-0.2, -0.15) is 0 Å². The third kappa shape index (κ3) is 3.99. The van der Waals surface area contributed by atoms with Crippen molar-refractivity contribution in [1.82, 2.24) is 24.8 Å². The molecule has 0 bridgehead atoms. The maximum Gasteiger partial charge on any atom is 0.317 e. The van der Waals surface area contributed by atoms with E-state index < -0.39 is 6.10 Å². The molecule has 2 amide bonds. The number of hydrogen-bond acceptors (Lipinski definition) is 4. The molecule has 2 N–H and O–H groups in total. The molecule has 3 heterocycles. The van der Waals surface area contributed by atoms with Gasteiger partial charge in [-0.3, -0.25) is 4.98 Å². The molecular weight excluding hydrogens is 318 g/mol. The maximum atomic E-state index is 12.5. The number of carbonyl (C=O) groups excluding carboxylic acids is 1. The van der Waals surface area contributed by atoms with Crippen molar-refractivity contribution in [3.63, 3.8) is 0 Å². The molecule has 1 fully saturated rings. The van der Waals surface area contributed by atoms with E-state index in [1.54, 1.807) is 23.5 Å². The number of aryl methyl sites for hydroxylation is 2. The number of aliphatic hydroxyl groups excluding tert-OH is 1. The Labute approximate surface area is 147 Å². The number of carbonyl (C=O) groups is 1. The molecular formula is C18H25N5O2. The molecule has 3 rings (SSSR count). The van der Waals surface area contributed by atoms with Crippen LogP contribution in [-0.4, -0.2) is 43.7 Å². The lowest BCUT2D eigenvalue weighted by molar-refractivity contribution is 0.0532. The second-order valence-electron chi connectivity index (χ2n) is 6.65. The third-order valence-electron chi connectivity index (χ3n) is 4.88. The largest absolute Gasteiger partial charge is 0.385 e. The van der Waals surface area contributed by atoms with Crippen molar-refractivity contribution in [2.75, 3.05) is 13.1 Å². The van der Waals surface area contributed by atoms with Gasteiger partial charge in [0.1, 0.15) is 11.9 Å². The van der Waals surface area contributed by atoms with Gasteiger partial charge in [0.15, 0.2) is 0 Å². The van der Waals surface area contributed by atoms with E-state index in [4.69, 9.17) is 0 Å². The molecule has 2 atom stereocenters. The lowest BCUT2D eigenvalue weighted by Crippen LogP contribution is -2.46. The van der Waals surface area contributed by atoms with Crippen molar-refractivity contribution < 1.29 is 9.90 Å². The summed E-state index contributed by atoms with van der Waals surface area (Å²) in [5, 5.41) is 13.6. The second-order valence-corrected chi connectivity index (χ2v) is 6.65. The minimum Gasteiger partial charge on any atom is -0.385 e. The van der Waals surface area contributed by atoms with E-state index in [1.165, 1.54) is 0 Å². The van der Waals surface area contributed by atoms with Gasteiger partial charge in [0.05, 0.1) is 0 Å². The molecule has 0 radical (unpaired) electrons. The average molecular weight is 343 g/mol. The number of aliphatic hydroxyl groups is 1. The van der Waals surface area contributed by atoms with Gasteiger partial charge in [0, 0.05) is 57.4 Å². The Morgan fingerprint density at radius 1 is 1.48 bits per heavy atom. The number of hydrogen-bond donors (Lipinski definition) is 2. The van der Waals surface area contributed by atoms with E-state index in [0.29, 0.717) is 25.5 Å². The van der Waals surface area contributed by atoms with Crippen LogP contribution in [0.1, 0.15) is 35.9 Å². The molecule has 0 aliphatic carbocycles. The van der Waals surface area contributed by atoms with Crippen LogP contribution in [0, 0.1) is 12.8 Å². The molecule has 1 aliphatic rings. The van der Waals surface area contributed by atoms with E-state index in [2.05, 4.69) is 15.3 Å². The van der Waals surface area contributed by atoms with Crippen LogP contribution < -0.4 is 5.32 Å². The minimum atomic E-state index is -0.655. The van der Waals surface area contributed by atoms with Gasteiger partial charge in [-0.15, -0.1) is 0 Å². The highest BCUT2D eigenvalue weighted by atomic mass is 16.3. The van der Waals surface area contributed by atoms with Crippen LogP contribution in [0.3, 0.4) is 0 Å². The summed E-state index contributed by atoms with van der Waals surface area (Å²) in [5.74, 6) is 0.655. The van der Waals surface area contributed by atoms with Crippen LogP contribution in [0.2, 0.25) is 0 Å². The smallest absolute Gasteiger partial charge is 0.317 e. The maximum absolute atomic E-state index is 12.5. The lowest BCUT2D eigenvalue weighted by atomic mass is 9.92. The molecule has 1 saturated heterocycles. The first kappa shape index (κ1) is 17.4. The Balaban J connectivity index is 1.58. The molecule has 2 aromatic heterocycles. The Morgan fingerprint density at radius 3 is 3.04 bits per heavy atom. The molecule has 0 spiro atoms. The highest BCUT2D eigenvalue weighted by Gasteiger charge is 2.31. The summed E-state index contributed by atoms with van der Waals surface area (Å²) < 4.78 is 1.83. The van der Waals surface area contributed by atoms with Crippen LogP contribution in [0.4, 0.5) is 4.79 Å². The number of rotatable bonds is 4. The fourth-order valence-corrected chi connectivity index (χ4v) is 3.31. The van der Waals surface area contributed by atoms with Crippen molar-refractivity contribution >= 4 is 6.03 Å². The summed E-state index contributed by atoms with van der Waals surface area (Å²) in [6.45, 7) is 3.71. The number of likely N-dealkylation sites (tertiary alicyclic amines) is 1. The van der Waals surface area contributed by atoms with Crippen LogP contribution in [-0.2, 0) is 13.6 Å². The Hall–Kier alpha value is -2.41. The first-order chi connectivity index (χ1) is 12.1. The van der Waals surface area contributed by atoms with E-state index in [9.17, 15) is 9.90 Å². The predicted molar refractivity (Wildman–Crippen MR) is 93.7 cm³/mol. The summed E-state index contributed by atoms with van der Waals surface area (Å²) in [7, 11) is 1.87. The summed E-state index contributed by atoms with van der Waals surface area (Å²) in [5.41, 5.74) is 2.12. The number of urea groups is 1. The number of piperidine rings is 1.